The normalized spacial score (nSPS) is 10.4. The molecule has 150 valence electrons. The number of aryl methyl sites for hydroxylation is 1. The fourth-order valence-electron chi connectivity index (χ4n) is 2.73. The number of nitrogens with one attached hydrogen (secondary N) is 2. The van der Waals surface area contributed by atoms with E-state index in [1.54, 1.807) is 12.4 Å². The number of hydrogen-bond donors (Lipinski definition) is 2. The number of thiazole rings is 1. The highest BCUT2D eigenvalue weighted by Crippen LogP contribution is 2.27. The number of carbonyl (C=O) groups is 1. The van der Waals surface area contributed by atoms with Crippen LogP contribution in [0.25, 0.3) is 11.3 Å². The quantitative estimate of drug-likeness (QED) is 0.429. The molecule has 0 fully saturated rings. The van der Waals surface area contributed by atoms with Gasteiger partial charge < -0.3 is 15.4 Å². The van der Waals surface area contributed by atoms with Crippen molar-refractivity contribution in [1.29, 1.82) is 0 Å². The van der Waals surface area contributed by atoms with Crippen LogP contribution in [0.4, 0.5) is 16.5 Å². The highest BCUT2D eigenvalue weighted by atomic mass is 32.1. The van der Waals surface area contributed by atoms with Gasteiger partial charge in [0.1, 0.15) is 5.75 Å². The summed E-state index contributed by atoms with van der Waals surface area (Å²) in [6, 6.07) is 18.9. The summed E-state index contributed by atoms with van der Waals surface area (Å²) in [4.78, 5) is 20.7. The van der Waals surface area contributed by atoms with Crippen molar-refractivity contribution in [1.82, 2.24) is 9.97 Å². The fourth-order valence-corrected chi connectivity index (χ4v) is 3.47. The molecule has 4 aromatic rings. The van der Waals surface area contributed by atoms with Gasteiger partial charge in [-0.05, 0) is 55.5 Å². The number of rotatable bonds is 7. The topological polar surface area (TPSA) is 76.1 Å². The van der Waals surface area contributed by atoms with Crippen molar-refractivity contribution in [3.8, 4) is 17.0 Å². The lowest BCUT2D eigenvalue weighted by atomic mass is 10.2. The van der Waals surface area contributed by atoms with Gasteiger partial charge in [-0.3, -0.25) is 9.78 Å². The molecule has 0 atom stereocenters. The lowest BCUT2D eigenvalue weighted by Gasteiger charge is -2.09. The molecular formula is C23H20N4O2S. The highest BCUT2D eigenvalue weighted by molar-refractivity contribution is 7.14. The summed E-state index contributed by atoms with van der Waals surface area (Å²) < 4.78 is 5.50. The van der Waals surface area contributed by atoms with Crippen LogP contribution in [-0.4, -0.2) is 22.5 Å². The molecule has 0 saturated carbocycles. The first-order chi connectivity index (χ1) is 14.7. The molecule has 2 heterocycles. The zero-order chi connectivity index (χ0) is 20.8. The molecule has 0 aliphatic heterocycles. The van der Waals surface area contributed by atoms with E-state index >= 15 is 0 Å². The number of aromatic nitrogens is 2. The molecular weight excluding hydrogens is 396 g/mol. The van der Waals surface area contributed by atoms with Crippen molar-refractivity contribution in [3.63, 3.8) is 0 Å². The Morgan fingerprint density at radius 3 is 2.40 bits per heavy atom. The third kappa shape index (κ3) is 5.21. The van der Waals surface area contributed by atoms with Crippen LogP contribution in [0.15, 0.2) is 78.4 Å². The fraction of sp³-hybridized carbons (Fsp3) is 0.0870. The van der Waals surface area contributed by atoms with Crippen molar-refractivity contribution >= 4 is 33.8 Å². The summed E-state index contributed by atoms with van der Waals surface area (Å²) in [6.07, 6.45) is 3.50. The second kappa shape index (κ2) is 9.19. The lowest BCUT2D eigenvalue weighted by molar-refractivity contribution is -0.118. The summed E-state index contributed by atoms with van der Waals surface area (Å²) in [7, 11) is 0. The minimum atomic E-state index is -0.210. The minimum absolute atomic E-state index is 0.0417. The number of pyridine rings is 1. The number of nitrogens with zero attached hydrogens (tertiary/aromatic N) is 2. The third-order valence-corrected chi connectivity index (χ3v) is 5.05. The molecule has 2 aromatic carbocycles. The molecule has 2 N–H and O–H groups in total. The third-order valence-electron chi connectivity index (χ3n) is 4.29. The van der Waals surface area contributed by atoms with E-state index in [0.717, 1.165) is 27.6 Å². The smallest absolute Gasteiger partial charge is 0.262 e. The summed E-state index contributed by atoms with van der Waals surface area (Å²) in [5, 5.41) is 8.91. The van der Waals surface area contributed by atoms with Gasteiger partial charge in [-0.15, -0.1) is 11.3 Å². The highest BCUT2D eigenvalue weighted by Gasteiger charge is 2.06. The molecule has 0 bridgehead atoms. The van der Waals surface area contributed by atoms with Crippen LogP contribution in [0.1, 0.15) is 5.56 Å². The van der Waals surface area contributed by atoms with Gasteiger partial charge in [0.25, 0.3) is 5.91 Å². The Morgan fingerprint density at radius 2 is 1.67 bits per heavy atom. The van der Waals surface area contributed by atoms with Crippen molar-refractivity contribution in [2.45, 2.75) is 6.92 Å². The molecule has 6 nitrogen and oxygen atoms in total. The van der Waals surface area contributed by atoms with Crippen LogP contribution < -0.4 is 15.4 Å². The molecule has 0 aliphatic rings. The maximum atomic E-state index is 12.1. The average Bonchev–Trinajstić information content (AvgIpc) is 3.24. The number of amides is 1. The van der Waals surface area contributed by atoms with Crippen LogP contribution in [0.5, 0.6) is 5.75 Å². The zero-order valence-corrected chi connectivity index (χ0v) is 17.1. The minimum Gasteiger partial charge on any atom is -0.484 e. The standard InChI is InChI=1S/C23H20N4O2S/c1-16-2-8-20(9-3-16)29-14-22(28)25-18-4-6-19(7-5-18)26-23-27-21(15-30-23)17-10-12-24-13-11-17/h2-13,15H,14H2,1H3,(H,25,28)(H,26,27). The van der Waals surface area contributed by atoms with Crippen LogP contribution >= 0.6 is 11.3 Å². The van der Waals surface area contributed by atoms with Crippen LogP contribution in [0.3, 0.4) is 0 Å². The predicted molar refractivity (Wildman–Crippen MR) is 120 cm³/mol. The first kappa shape index (κ1) is 19.6. The van der Waals surface area contributed by atoms with Crippen LogP contribution in [0.2, 0.25) is 0 Å². The van der Waals surface area contributed by atoms with E-state index in [1.807, 2.05) is 73.0 Å². The lowest BCUT2D eigenvalue weighted by Crippen LogP contribution is -2.20. The van der Waals surface area contributed by atoms with Gasteiger partial charge in [0, 0.05) is 34.7 Å². The maximum absolute atomic E-state index is 12.1. The summed E-state index contributed by atoms with van der Waals surface area (Å²) in [6.45, 7) is 1.96. The number of benzene rings is 2. The summed E-state index contributed by atoms with van der Waals surface area (Å²) in [5.41, 5.74) is 4.67. The molecule has 0 aliphatic carbocycles. The van der Waals surface area contributed by atoms with Crippen LogP contribution in [0, 0.1) is 6.92 Å². The largest absolute Gasteiger partial charge is 0.484 e. The maximum Gasteiger partial charge on any atom is 0.262 e. The molecule has 0 unspecified atom stereocenters. The molecule has 7 heteroatoms. The second-order valence-corrected chi connectivity index (χ2v) is 7.48. The van der Waals surface area contributed by atoms with Gasteiger partial charge in [-0.2, -0.15) is 0 Å². The Kier molecular flexibility index (Phi) is 6.01. The predicted octanol–water partition coefficient (Wildman–Crippen LogP) is 5.27. The zero-order valence-electron chi connectivity index (χ0n) is 16.3. The monoisotopic (exact) mass is 416 g/mol. The Hall–Kier alpha value is -3.71. The molecule has 0 radical (unpaired) electrons. The molecule has 30 heavy (non-hydrogen) atoms. The first-order valence-corrected chi connectivity index (χ1v) is 10.3. The molecule has 1 amide bonds. The summed E-state index contributed by atoms with van der Waals surface area (Å²) in [5.74, 6) is 0.461. The van der Waals surface area contributed by atoms with Crippen molar-refractivity contribution in [2.24, 2.45) is 0 Å². The van der Waals surface area contributed by atoms with Crippen molar-refractivity contribution in [2.75, 3.05) is 17.2 Å². The number of carbonyl (C=O) groups excluding carboxylic acids is 1. The van der Waals surface area contributed by atoms with Gasteiger partial charge in [0.15, 0.2) is 11.7 Å². The Bertz CT molecular complexity index is 1110. The number of anilines is 3. The average molecular weight is 417 g/mol. The van der Waals surface area contributed by atoms with Gasteiger partial charge >= 0.3 is 0 Å². The van der Waals surface area contributed by atoms with Gasteiger partial charge in [0.2, 0.25) is 0 Å². The van der Waals surface area contributed by atoms with Gasteiger partial charge in [0.05, 0.1) is 5.69 Å². The van der Waals surface area contributed by atoms with E-state index in [4.69, 9.17) is 4.74 Å². The molecule has 0 saturated heterocycles. The summed E-state index contributed by atoms with van der Waals surface area (Å²) >= 11 is 1.53. The van der Waals surface area contributed by atoms with Crippen molar-refractivity contribution in [3.05, 3.63) is 84.0 Å². The van der Waals surface area contributed by atoms with Gasteiger partial charge in [-0.1, -0.05) is 17.7 Å². The molecule has 4 rings (SSSR count). The van der Waals surface area contributed by atoms with Gasteiger partial charge in [-0.25, -0.2) is 4.98 Å². The number of ether oxygens (including phenoxy) is 1. The van der Waals surface area contributed by atoms with E-state index < -0.39 is 0 Å². The van der Waals surface area contributed by atoms with Crippen LogP contribution in [-0.2, 0) is 4.79 Å². The first-order valence-electron chi connectivity index (χ1n) is 9.38. The van der Waals surface area contributed by atoms with E-state index in [-0.39, 0.29) is 12.5 Å². The Morgan fingerprint density at radius 1 is 0.967 bits per heavy atom. The van der Waals surface area contributed by atoms with E-state index in [0.29, 0.717) is 11.4 Å². The molecule has 0 spiro atoms. The van der Waals surface area contributed by atoms with E-state index in [9.17, 15) is 4.79 Å². The SMILES string of the molecule is Cc1ccc(OCC(=O)Nc2ccc(Nc3nc(-c4ccncc4)cs3)cc2)cc1. The van der Waals surface area contributed by atoms with Crippen molar-refractivity contribution < 1.29 is 9.53 Å². The Balaban J connectivity index is 1.30. The Labute approximate surface area is 178 Å². The van der Waals surface area contributed by atoms with E-state index in [1.165, 1.54) is 11.3 Å². The molecule has 2 aromatic heterocycles. The number of hydrogen-bond acceptors (Lipinski definition) is 6. The second-order valence-electron chi connectivity index (χ2n) is 6.63. The van der Waals surface area contributed by atoms with E-state index in [2.05, 4.69) is 20.6 Å².